The fourth-order valence-electron chi connectivity index (χ4n) is 3.13. The van der Waals surface area contributed by atoms with Gasteiger partial charge in [0.15, 0.2) is 5.78 Å². The maximum atomic E-state index is 12.9. The van der Waals surface area contributed by atoms with Crippen LogP contribution in [0.2, 0.25) is 0 Å². The first kappa shape index (κ1) is 18.1. The van der Waals surface area contributed by atoms with E-state index in [1.807, 2.05) is 23.9 Å². The summed E-state index contributed by atoms with van der Waals surface area (Å²) in [6.07, 6.45) is 5.38. The van der Waals surface area contributed by atoms with E-state index in [1.54, 1.807) is 20.3 Å². The van der Waals surface area contributed by atoms with Gasteiger partial charge in [-0.25, -0.2) is 0 Å². The van der Waals surface area contributed by atoms with Crippen LogP contribution in [0, 0.1) is 5.92 Å². The molecule has 1 aliphatic rings. The molecular formula is C18H27NO3S. The molecule has 1 unspecified atom stereocenters. The highest BCUT2D eigenvalue weighted by molar-refractivity contribution is 7.98. The van der Waals surface area contributed by atoms with Crippen LogP contribution in [-0.4, -0.2) is 56.5 Å². The SMILES string of the molecule is COc1ccc(C(=O)C2CCCN(CCCSC)C2)c(OC)c1. The first-order valence-electron chi connectivity index (χ1n) is 8.17. The molecule has 1 saturated heterocycles. The Labute approximate surface area is 143 Å². The number of thioether (sulfide) groups is 1. The van der Waals surface area contributed by atoms with Crippen LogP contribution in [0.5, 0.6) is 11.5 Å². The Hall–Kier alpha value is -1.20. The van der Waals surface area contributed by atoms with Gasteiger partial charge in [0.25, 0.3) is 0 Å². The molecule has 5 heteroatoms. The van der Waals surface area contributed by atoms with Gasteiger partial charge in [-0.15, -0.1) is 0 Å². The number of likely N-dealkylation sites (tertiary alicyclic amines) is 1. The molecule has 4 nitrogen and oxygen atoms in total. The smallest absolute Gasteiger partial charge is 0.170 e. The zero-order chi connectivity index (χ0) is 16.7. The average molecular weight is 337 g/mol. The summed E-state index contributed by atoms with van der Waals surface area (Å²) in [6.45, 7) is 3.06. The van der Waals surface area contributed by atoms with E-state index >= 15 is 0 Å². The van der Waals surface area contributed by atoms with Crippen molar-refractivity contribution in [3.8, 4) is 11.5 Å². The van der Waals surface area contributed by atoms with E-state index in [1.165, 1.54) is 12.2 Å². The van der Waals surface area contributed by atoms with Gasteiger partial charge in [-0.05, 0) is 56.5 Å². The number of carbonyl (C=O) groups excluding carboxylic acids is 1. The van der Waals surface area contributed by atoms with Crippen LogP contribution in [0.3, 0.4) is 0 Å². The average Bonchev–Trinajstić information content (AvgIpc) is 2.61. The van der Waals surface area contributed by atoms with Crippen LogP contribution in [0.4, 0.5) is 0 Å². The van der Waals surface area contributed by atoms with Gasteiger partial charge in [0.05, 0.1) is 19.8 Å². The van der Waals surface area contributed by atoms with Gasteiger partial charge < -0.3 is 14.4 Å². The topological polar surface area (TPSA) is 38.8 Å². The number of Topliss-reactive ketones (excluding diaryl/α,β-unsaturated/α-hetero) is 1. The standard InChI is InChI=1S/C18H27NO3S/c1-21-15-7-8-16(17(12-15)22-2)18(20)14-6-4-9-19(13-14)10-5-11-23-3/h7-8,12,14H,4-6,9-11,13H2,1-3H3. The molecule has 1 aromatic carbocycles. The van der Waals surface area contributed by atoms with Crippen molar-refractivity contribution < 1.29 is 14.3 Å². The van der Waals surface area contributed by atoms with Crippen LogP contribution in [0.25, 0.3) is 0 Å². The molecule has 0 N–H and O–H groups in total. The van der Waals surface area contributed by atoms with Crippen molar-refractivity contribution in [2.45, 2.75) is 19.3 Å². The first-order chi connectivity index (χ1) is 11.2. The maximum Gasteiger partial charge on any atom is 0.170 e. The molecule has 2 rings (SSSR count). The molecule has 0 amide bonds. The summed E-state index contributed by atoms with van der Waals surface area (Å²) in [7, 11) is 3.21. The lowest BCUT2D eigenvalue weighted by Gasteiger charge is -2.32. The highest BCUT2D eigenvalue weighted by Crippen LogP contribution is 2.29. The fourth-order valence-corrected chi connectivity index (χ4v) is 3.54. The minimum Gasteiger partial charge on any atom is -0.497 e. The van der Waals surface area contributed by atoms with Crippen molar-refractivity contribution in [2.24, 2.45) is 5.92 Å². The number of nitrogens with zero attached hydrogens (tertiary/aromatic N) is 1. The predicted octanol–water partition coefficient (Wildman–Crippen LogP) is 3.35. The third-order valence-corrected chi connectivity index (χ3v) is 5.07. The second-order valence-corrected chi connectivity index (χ2v) is 6.90. The molecular weight excluding hydrogens is 310 g/mol. The quantitative estimate of drug-likeness (QED) is 0.537. The van der Waals surface area contributed by atoms with E-state index in [2.05, 4.69) is 11.2 Å². The van der Waals surface area contributed by atoms with Crippen molar-refractivity contribution in [1.29, 1.82) is 0 Å². The highest BCUT2D eigenvalue weighted by atomic mass is 32.2. The van der Waals surface area contributed by atoms with Crippen LogP contribution in [-0.2, 0) is 0 Å². The van der Waals surface area contributed by atoms with E-state index < -0.39 is 0 Å². The molecule has 1 fully saturated rings. The Morgan fingerprint density at radius 1 is 1.35 bits per heavy atom. The Morgan fingerprint density at radius 2 is 2.17 bits per heavy atom. The van der Waals surface area contributed by atoms with E-state index in [0.29, 0.717) is 17.1 Å². The Morgan fingerprint density at radius 3 is 2.87 bits per heavy atom. The molecule has 23 heavy (non-hydrogen) atoms. The molecule has 0 saturated carbocycles. The zero-order valence-corrected chi connectivity index (χ0v) is 15.2. The minimum atomic E-state index is 0.0697. The summed E-state index contributed by atoms with van der Waals surface area (Å²) in [5.41, 5.74) is 0.671. The number of hydrogen-bond acceptors (Lipinski definition) is 5. The van der Waals surface area contributed by atoms with E-state index in [4.69, 9.17) is 9.47 Å². The largest absolute Gasteiger partial charge is 0.497 e. The number of ketones is 1. The van der Waals surface area contributed by atoms with Crippen LogP contribution in [0.1, 0.15) is 29.6 Å². The van der Waals surface area contributed by atoms with E-state index in [0.717, 1.165) is 32.5 Å². The maximum absolute atomic E-state index is 12.9. The Balaban J connectivity index is 2.04. The number of benzene rings is 1. The van der Waals surface area contributed by atoms with E-state index in [-0.39, 0.29) is 11.7 Å². The number of ether oxygens (including phenoxy) is 2. The van der Waals surface area contributed by atoms with Gasteiger partial charge in [-0.2, -0.15) is 11.8 Å². The van der Waals surface area contributed by atoms with Crippen LogP contribution < -0.4 is 9.47 Å². The summed E-state index contributed by atoms with van der Waals surface area (Å²) in [5, 5.41) is 0. The Bertz CT molecular complexity index is 521. The molecule has 0 aromatic heterocycles. The minimum absolute atomic E-state index is 0.0697. The number of piperidine rings is 1. The molecule has 0 aliphatic carbocycles. The molecule has 0 radical (unpaired) electrons. The number of rotatable bonds is 8. The van der Waals surface area contributed by atoms with Gasteiger partial charge in [-0.1, -0.05) is 0 Å². The number of methoxy groups -OCH3 is 2. The third kappa shape index (κ3) is 4.88. The fraction of sp³-hybridized carbons (Fsp3) is 0.611. The summed E-state index contributed by atoms with van der Waals surface area (Å²) < 4.78 is 10.6. The number of carbonyl (C=O) groups is 1. The molecule has 128 valence electrons. The summed E-state index contributed by atoms with van der Waals surface area (Å²) in [6, 6.07) is 5.44. The van der Waals surface area contributed by atoms with Crippen molar-refractivity contribution in [1.82, 2.24) is 4.90 Å². The second kappa shape index (κ2) is 9.18. The molecule has 0 spiro atoms. The third-order valence-electron chi connectivity index (χ3n) is 4.37. The van der Waals surface area contributed by atoms with Crippen molar-refractivity contribution in [2.75, 3.05) is 45.9 Å². The van der Waals surface area contributed by atoms with Gasteiger partial charge in [-0.3, -0.25) is 4.79 Å². The van der Waals surface area contributed by atoms with Gasteiger partial charge in [0.1, 0.15) is 11.5 Å². The summed E-state index contributed by atoms with van der Waals surface area (Å²) in [4.78, 5) is 15.3. The van der Waals surface area contributed by atoms with Crippen molar-refractivity contribution in [3.05, 3.63) is 23.8 Å². The highest BCUT2D eigenvalue weighted by Gasteiger charge is 2.28. The second-order valence-electron chi connectivity index (χ2n) is 5.92. The predicted molar refractivity (Wildman–Crippen MR) is 96.0 cm³/mol. The first-order valence-corrected chi connectivity index (χ1v) is 9.56. The van der Waals surface area contributed by atoms with Gasteiger partial charge >= 0.3 is 0 Å². The molecule has 1 atom stereocenters. The lowest BCUT2D eigenvalue weighted by atomic mass is 9.89. The Kier molecular flexibility index (Phi) is 7.24. The lowest BCUT2D eigenvalue weighted by molar-refractivity contribution is 0.0817. The van der Waals surface area contributed by atoms with Crippen LogP contribution >= 0.6 is 11.8 Å². The lowest BCUT2D eigenvalue weighted by Crippen LogP contribution is -2.39. The molecule has 0 bridgehead atoms. The van der Waals surface area contributed by atoms with Gasteiger partial charge in [0, 0.05) is 18.5 Å². The van der Waals surface area contributed by atoms with E-state index in [9.17, 15) is 4.79 Å². The number of hydrogen-bond donors (Lipinski definition) is 0. The monoisotopic (exact) mass is 337 g/mol. The van der Waals surface area contributed by atoms with Crippen LogP contribution in [0.15, 0.2) is 18.2 Å². The summed E-state index contributed by atoms with van der Waals surface area (Å²) in [5.74, 6) is 2.76. The zero-order valence-electron chi connectivity index (χ0n) is 14.3. The molecule has 1 heterocycles. The normalized spacial score (nSPS) is 18.7. The summed E-state index contributed by atoms with van der Waals surface area (Å²) >= 11 is 1.88. The van der Waals surface area contributed by atoms with Gasteiger partial charge in [0.2, 0.25) is 0 Å². The molecule has 1 aliphatic heterocycles. The van der Waals surface area contributed by atoms with Crippen molar-refractivity contribution >= 4 is 17.5 Å². The molecule has 1 aromatic rings. The van der Waals surface area contributed by atoms with Crippen molar-refractivity contribution in [3.63, 3.8) is 0 Å².